The fourth-order valence-electron chi connectivity index (χ4n) is 2.11. The van der Waals surface area contributed by atoms with Gasteiger partial charge in [-0.2, -0.15) is 0 Å². The van der Waals surface area contributed by atoms with Gasteiger partial charge < -0.3 is 14.9 Å². The lowest BCUT2D eigenvalue weighted by Gasteiger charge is -2.31. The molecule has 0 radical (unpaired) electrons. The van der Waals surface area contributed by atoms with Gasteiger partial charge in [-0.3, -0.25) is 9.59 Å². The SMILES string of the molecule is CN1CCN(CCC(O)c2ccccc2)C(=O)C1=O. The zero-order chi connectivity index (χ0) is 13.8. The number of benzene rings is 1. The molecular weight excluding hydrogens is 244 g/mol. The maximum Gasteiger partial charge on any atom is 0.312 e. The van der Waals surface area contributed by atoms with Crippen molar-refractivity contribution in [2.75, 3.05) is 26.7 Å². The maximum absolute atomic E-state index is 11.7. The van der Waals surface area contributed by atoms with Crippen molar-refractivity contribution in [3.8, 4) is 0 Å². The Kier molecular flexibility index (Phi) is 4.16. The first-order valence-electron chi connectivity index (χ1n) is 6.37. The highest BCUT2D eigenvalue weighted by molar-refractivity contribution is 6.35. The van der Waals surface area contributed by atoms with Gasteiger partial charge in [0.2, 0.25) is 0 Å². The molecule has 1 fully saturated rings. The normalized spacial score (nSPS) is 17.8. The Morgan fingerprint density at radius 1 is 1.16 bits per heavy atom. The molecule has 1 aromatic rings. The van der Waals surface area contributed by atoms with Crippen LogP contribution in [0.3, 0.4) is 0 Å². The van der Waals surface area contributed by atoms with Gasteiger partial charge in [-0.15, -0.1) is 0 Å². The molecular formula is C14H18N2O3. The Hall–Kier alpha value is -1.88. The minimum absolute atomic E-state index is 0.397. The molecule has 1 unspecified atom stereocenters. The molecule has 19 heavy (non-hydrogen) atoms. The van der Waals surface area contributed by atoms with E-state index in [1.165, 1.54) is 9.80 Å². The molecule has 2 rings (SSSR count). The Morgan fingerprint density at radius 2 is 1.84 bits per heavy atom. The Morgan fingerprint density at radius 3 is 2.53 bits per heavy atom. The fourth-order valence-corrected chi connectivity index (χ4v) is 2.11. The zero-order valence-corrected chi connectivity index (χ0v) is 11.0. The summed E-state index contributed by atoms with van der Waals surface area (Å²) >= 11 is 0. The average Bonchev–Trinajstić information content (AvgIpc) is 2.45. The van der Waals surface area contributed by atoms with E-state index in [0.29, 0.717) is 26.1 Å². The van der Waals surface area contributed by atoms with Crippen molar-refractivity contribution in [3.05, 3.63) is 35.9 Å². The zero-order valence-electron chi connectivity index (χ0n) is 11.0. The first kappa shape index (κ1) is 13.5. The second kappa shape index (κ2) is 5.84. The van der Waals surface area contributed by atoms with Crippen molar-refractivity contribution < 1.29 is 14.7 Å². The van der Waals surface area contributed by atoms with E-state index in [4.69, 9.17) is 0 Å². The van der Waals surface area contributed by atoms with Gasteiger partial charge in [0.15, 0.2) is 0 Å². The topological polar surface area (TPSA) is 60.9 Å². The molecule has 0 bridgehead atoms. The number of likely N-dealkylation sites (N-methyl/N-ethyl adjacent to an activating group) is 1. The standard InChI is InChI=1S/C14H18N2O3/c1-15-9-10-16(14(19)13(15)18)8-7-12(17)11-5-3-2-4-6-11/h2-6,12,17H,7-10H2,1H3. The molecule has 1 N–H and O–H groups in total. The third-order valence-corrected chi connectivity index (χ3v) is 3.38. The Balaban J connectivity index is 1.89. The van der Waals surface area contributed by atoms with Crippen molar-refractivity contribution in [1.29, 1.82) is 0 Å². The number of nitrogens with zero attached hydrogens (tertiary/aromatic N) is 2. The van der Waals surface area contributed by atoms with E-state index in [2.05, 4.69) is 0 Å². The molecule has 5 nitrogen and oxygen atoms in total. The van der Waals surface area contributed by atoms with E-state index >= 15 is 0 Å². The highest BCUT2D eigenvalue weighted by Gasteiger charge is 2.30. The van der Waals surface area contributed by atoms with Crippen molar-refractivity contribution in [2.45, 2.75) is 12.5 Å². The number of rotatable bonds is 4. The van der Waals surface area contributed by atoms with Crippen molar-refractivity contribution in [2.24, 2.45) is 0 Å². The lowest BCUT2D eigenvalue weighted by molar-refractivity contribution is -0.155. The number of hydrogen-bond acceptors (Lipinski definition) is 3. The predicted octanol–water partition coefficient (Wildman–Crippen LogP) is 0.411. The van der Waals surface area contributed by atoms with Crippen LogP contribution in [0.5, 0.6) is 0 Å². The number of piperazine rings is 1. The number of carbonyl (C=O) groups is 2. The first-order valence-corrected chi connectivity index (χ1v) is 6.37. The predicted molar refractivity (Wildman–Crippen MR) is 70.2 cm³/mol. The van der Waals surface area contributed by atoms with Crippen LogP contribution in [0.15, 0.2) is 30.3 Å². The summed E-state index contributed by atoms with van der Waals surface area (Å²) in [7, 11) is 1.62. The lowest BCUT2D eigenvalue weighted by atomic mass is 10.1. The van der Waals surface area contributed by atoms with Crippen LogP contribution in [-0.2, 0) is 9.59 Å². The van der Waals surface area contributed by atoms with Gasteiger partial charge in [0.25, 0.3) is 0 Å². The summed E-state index contributed by atoms with van der Waals surface area (Å²) in [4.78, 5) is 26.2. The van der Waals surface area contributed by atoms with Gasteiger partial charge >= 0.3 is 11.8 Å². The van der Waals surface area contributed by atoms with Gasteiger partial charge in [-0.25, -0.2) is 0 Å². The molecule has 0 spiro atoms. The van der Waals surface area contributed by atoms with Gasteiger partial charge in [0.1, 0.15) is 0 Å². The summed E-state index contributed by atoms with van der Waals surface area (Å²) in [5, 5.41) is 10.0. The van der Waals surface area contributed by atoms with Crippen LogP contribution >= 0.6 is 0 Å². The molecule has 102 valence electrons. The van der Waals surface area contributed by atoms with E-state index in [9.17, 15) is 14.7 Å². The molecule has 1 saturated heterocycles. The van der Waals surface area contributed by atoms with Crippen LogP contribution in [0, 0.1) is 0 Å². The maximum atomic E-state index is 11.7. The average molecular weight is 262 g/mol. The number of hydrogen-bond donors (Lipinski definition) is 1. The summed E-state index contributed by atoms with van der Waals surface area (Å²) in [6, 6.07) is 9.31. The van der Waals surface area contributed by atoms with E-state index in [0.717, 1.165) is 5.56 Å². The first-order chi connectivity index (χ1) is 9.09. The van der Waals surface area contributed by atoms with E-state index < -0.39 is 17.9 Å². The van der Waals surface area contributed by atoms with Gasteiger partial charge in [-0.05, 0) is 12.0 Å². The molecule has 2 amide bonds. The molecule has 1 aliphatic rings. The molecule has 0 aromatic heterocycles. The monoisotopic (exact) mass is 262 g/mol. The largest absolute Gasteiger partial charge is 0.388 e. The van der Waals surface area contributed by atoms with Gasteiger partial charge in [0.05, 0.1) is 6.10 Å². The molecule has 0 saturated carbocycles. The van der Waals surface area contributed by atoms with Gasteiger partial charge in [-0.1, -0.05) is 30.3 Å². The highest BCUT2D eigenvalue weighted by atomic mass is 16.3. The number of carbonyl (C=O) groups excluding carboxylic acids is 2. The van der Waals surface area contributed by atoms with Gasteiger partial charge in [0, 0.05) is 26.7 Å². The van der Waals surface area contributed by atoms with Crippen molar-refractivity contribution >= 4 is 11.8 Å². The minimum Gasteiger partial charge on any atom is -0.388 e. The Labute approximate surface area is 112 Å². The fraction of sp³-hybridized carbons (Fsp3) is 0.429. The summed E-state index contributed by atoms with van der Waals surface area (Å²) in [6.45, 7) is 1.48. The highest BCUT2D eigenvalue weighted by Crippen LogP contribution is 2.17. The van der Waals surface area contributed by atoms with Crippen molar-refractivity contribution in [1.82, 2.24) is 9.80 Å². The van der Waals surface area contributed by atoms with E-state index in [-0.39, 0.29) is 0 Å². The number of amides is 2. The van der Waals surface area contributed by atoms with Crippen LogP contribution in [0.4, 0.5) is 0 Å². The molecule has 1 aromatic carbocycles. The second-order valence-electron chi connectivity index (χ2n) is 4.73. The summed E-state index contributed by atoms with van der Waals surface area (Å²) in [5.74, 6) is -0.950. The van der Waals surface area contributed by atoms with Crippen LogP contribution in [0.2, 0.25) is 0 Å². The summed E-state index contributed by atoms with van der Waals surface area (Å²) in [6.07, 6.45) is -0.170. The molecule has 1 aliphatic heterocycles. The quantitative estimate of drug-likeness (QED) is 0.800. The van der Waals surface area contributed by atoms with Crippen LogP contribution in [-0.4, -0.2) is 53.4 Å². The van der Waals surface area contributed by atoms with Crippen molar-refractivity contribution in [3.63, 3.8) is 0 Å². The number of aliphatic hydroxyl groups excluding tert-OH is 1. The van der Waals surface area contributed by atoms with Crippen LogP contribution < -0.4 is 0 Å². The Bertz CT molecular complexity index is 461. The molecule has 0 aliphatic carbocycles. The van der Waals surface area contributed by atoms with Crippen LogP contribution in [0.1, 0.15) is 18.1 Å². The van der Waals surface area contributed by atoms with E-state index in [1.807, 2.05) is 30.3 Å². The second-order valence-corrected chi connectivity index (χ2v) is 4.73. The minimum atomic E-state index is -0.608. The number of aliphatic hydroxyl groups is 1. The summed E-state index contributed by atoms with van der Waals surface area (Å²) < 4.78 is 0. The summed E-state index contributed by atoms with van der Waals surface area (Å²) in [5.41, 5.74) is 0.829. The van der Waals surface area contributed by atoms with Crippen LogP contribution in [0.25, 0.3) is 0 Å². The third kappa shape index (κ3) is 3.12. The lowest BCUT2D eigenvalue weighted by Crippen LogP contribution is -2.53. The molecule has 1 atom stereocenters. The third-order valence-electron chi connectivity index (χ3n) is 3.38. The van der Waals surface area contributed by atoms with E-state index in [1.54, 1.807) is 7.05 Å². The molecule has 5 heteroatoms. The molecule has 1 heterocycles. The smallest absolute Gasteiger partial charge is 0.312 e.